The summed E-state index contributed by atoms with van der Waals surface area (Å²) in [5.74, 6) is 0. The zero-order valence-electron chi connectivity index (χ0n) is 8.43. The second-order valence-electron chi connectivity index (χ2n) is 3.87. The Labute approximate surface area is 85.2 Å². The summed E-state index contributed by atoms with van der Waals surface area (Å²) in [5.41, 5.74) is 0.760. The molecule has 2 aliphatic heterocycles. The van der Waals surface area contributed by atoms with Gasteiger partial charge in [0.1, 0.15) is 12.2 Å². The molecule has 3 heterocycles. The highest BCUT2D eigenvalue weighted by Gasteiger charge is 2.38. The van der Waals surface area contributed by atoms with Crippen molar-refractivity contribution in [1.82, 2.24) is 9.13 Å². The zero-order chi connectivity index (χ0) is 10.7. The van der Waals surface area contributed by atoms with Crippen LogP contribution in [0.25, 0.3) is 0 Å². The average molecular weight is 206 g/mol. The molecule has 2 aliphatic rings. The molecule has 0 amide bonds. The van der Waals surface area contributed by atoms with E-state index < -0.39 is 0 Å². The first-order valence-corrected chi connectivity index (χ1v) is 4.75. The van der Waals surface area contributed by atoms with E-state index in [0.29, 0.717) is 11.3 Å². The quantitative estimate of drug-likeness (QED) is 0.551. The van der Waals surface area contributed by atoms with Crippen LogP contribution in [-0.2, 0) is 18.8 Å². The number of rotatable bonds is 0. The molecule has 0 radical (unpaired) electrons. The summed E-state index contributed by atoms with van der Waals surface area (Å²) in [7, 11) is 3.15. The third kappa shape index (κ3) is 0.860. The molecule has 0 saturated heterocycles. The lowest BCUT2D eigenvalue weighted by Gasteiger charge is -2.12. The largest absolute Gasteiger partial charge is 0.356 e. The molecular formula is C10H10N2O3. The third-order valence-electron chi connectivity index (χ3n) is 3.05. The molecule has 5 nitrogen and oxygen atoms in total. The van der Waals surface area contributed by atoms with Crippen LogP contribution in [0.4, 0.5) is 0 Å². The second-order valence-corrected chi connectivity index (χ2v) is 3.87. The van der Waals surface area contributed by atoms with Crippen molar-refractivity contribution in [1.29, 1.82) is 0 Å². The SMILES string of the molecule is Cn1c2c(c(=O)n(C)c1=O)C1C=CC2O1. The number of fused-ring (bicyclic) bond motifs is 5. The van der Waals surface area contributed by atoms with Crippen LogP contribution in [0.5, 0.6) is 0 Å². The highest BCUT2D eigenvalue weighted by molar-refractivity contribution is 5.37. The highest BCUT2D eigenvalue weighted by atomic mass is 16.5. The Hall–Kier alpha value is -1.62. The summed E-state index contributed by atoms with van der Waals surface area (Å²) in [6.45, 7) is 0. The van der Waals surface area contributed by atoms with Gasteiger partial charge in [0.25, 0.3) is 5.56 Å². The van der Waals surface area contributed by atoms with Crippen LogP contribution in [0.1, 0.15) is 23.5 Å². The molecule has 3 rings (SSSR count). The van der Waals surface area contributed by atoms with Gasteiger partial charge in [0.15, 0.2) is 0 Å². The molecule has 0 fully saturated rings. The molecule has 1 aromatic rings. The normalized spacial score (nSPS) is 26.0. The smallest absolute Gasteiger partial charge is 0.330 e. The maximum Gasteiger partial charge on any atom is 0.330 e. The summed E-state index contributed by atoms with van der Waals surface area (Å²) in [6, 6.07) is 0. The summed E-state index contributed by atoms with van der Waals surface area (Å²) in [5, 5.41) is 0. The van der Waals surface area contributed by atoms with Crippen molar-refractivity contribution in [2.75, 3.05) is 0 Å². The number of aromatic nitrogens is 2. The van der Waals surface area contributed by atoms with Gasteiger partial charge in [0, 0.05) is 14.1 Å². The predicted octanol–water partition coefficient (Wildman–Crippen LogP) is -0.234. The minimum atomic E-state index is -0.302. The van der Waals surface area contributed by atoms with E-state index in [0.717, 1.165) is 4.57 Å². The van der Waals surface area contributed by atoms with E-state index in [1.165, 1.54) is 11.6 Å². The average Bonchev–Trinajstić information content (AvgIpc) is 2.82. The topological polar surface area (TPSA) is 53.2 Å². The molecule has 0 N–H and O–H groups in total. The Morgan fingerprint density at radius 3 is 2.53 bits per heavy atom. The molecule has 0 aliphatic carbocycles. The Morgan fingerprint density at radius 2 is 1.80 bits per heavy atom. The third-order valence-corrected chi connectivity index (χ3v) is 3.05. The van der Waals surface area contributed by atoms with E-state index in [-0.39, 0.29) is 23.5 Å². The molecule has 78 valence electrons. The maximum absolute atomic E-state index is 11.9. The van der Waals surface area contributed by atoms with Gasteiger partial charge in [-0.15, -0.1) is 0 Å². The molecule has 2 atom stereocenters. The number of ether oxygens (including phenoxy) is 1. The van der Waals surface area contributed by atoms with E-state index in [1.807, 2.05) is 12.2 Å². The molecule has 5 heteroatoms. The molecular weight excluding hydrogens is 196 g/mol. The Morgan fingerprint density at radius 1 is 1.13 bits per heavy atom. The monoisotopic (exact) mass is 206 g/mol. The highest BCUT2D eigenvalue weighted by Crippen LogP contribution is 2.42. The van der Waals surface area contributed by atoms with Gasteiger partial charge in [-0.2, -0.15) is 0 Å². The minimum Gasteiger partial charge on any atom is -0.356 e. The Bertz CT molecular complexity index is 594. The van der Waals surface area contributed by atoms with Crippen LogP contribution in [0.2, 0.25) is 0 Å². The summed E-state index contributed by atoms with van der Waals surface area (Å²) < 4.78 is 8.14. The van der Waals surface area contributed by atoms with Crippen molar-refractivity contribution < 1.29 is 4.74 Å². The summed E-state index contributed by atoms with van der Waals surface area (Å²) in [4.78, 5) is 23.5. The van der Waals surface area contributed by atoms with E-state index in [2.05, 4.69) is 0 Å². The Kier molecular flexibility index (Phi) is 1.44. The fourth-order valence-electron chi connectivity index (χ4n) is 2.27. The van der Waals surface area contributed by atoms with Crippen molar-refractivity contribution in [2.45, 2.75) is 12.2 Å². The van der Waals surface area contributed by atoms with Crippen molar-refractivity contribution in [3.05, 3.63) is 44.2 Å². The molecule has 1 aromatic heterocycles. The van der Waals surface area contributed by atoms with Gasteiger partial charge in [-0.25, -0.2) is 4.79 Å². The van der Waals surface area contributed by atoms with Crippen molar-refractivity contribution >= 4 is 0 Å². The fraction of sp³-hybridized carbons (Fsp3) is 0.400. The second kappa shape index (κ2) is 2.49. The number of nitrogens with zero attached hydrogens (tertiary/aromatic N) is 2. The fourth-order valence-corrected chi connectivity index (χ4v) is 2.27. The molecule has 0 aromatic carbocycles. The predicted molar refractivity (Wildman–Crippen MR) is 52.6 cm³/mol. The minimum absolute atomic E-state index is 0.225. The first-order valence-electron chi connectivity index (χ1n) is 4.75. The zero-order valence-corrected chi connectivity index (χ0v) is 8.43. The van der Waals surface area contributed by atoms with Crippen LogP contribution in [0.3, 0.4) is 0 Å². The van der Waals surface area contributed by atoms with Crippen molar-refractivity contribution in [3.63, 3.8) is 0 Å². The summed E-state index contributed by atoms with van der Waals surface area (Å²) in [6.07, 6.45) is 3.25. The first kappa shape index (κ1) is 8.67. The van der Waals surface area contributed by atoms with Gasteiger partial charge in [-0.3, -0.25) is 13.9 Å². The van der Waals surface area contributed by atoms with Crippen LogP contribution in [0, 0.1) is 0 Å². The van der Waals surface area contributed by atoms with Crippen LogP contribution in [-0.4, -0.2) is 9.13 Å². The molecule has 2 bridgehead atoms. The van der Waals surface area contributed by atoms with Crippen LogP contribution < -0.4 is 11.2 Å². The number of hydrogen-bond donors (Lipinski definition) is 0. The number of hydrogen-bond acceptors (Lipinski definition) is 3. The van der Waals surface area contributed by atoms with E-state index in [4.69, 9.17) is 4.74 Å². The molecule has 2 unspecified atom stereocenters. The van der Waals surface area contributed by atoms with Gasteiger partial charge >= 0.3 is 5.69 Å². The standard InChI is InChI=1S/C10H10N2O3/c1-11-8-6-4-3-5(15-6)7(8)9(13)12(2)10(11)14/h3-6H,1-2H3. The Balaban J connectivity index is 2.49. The van der Waals surface area contributed by atoms with Crippen molar-refractivity contribution in [3.8, 4) is 0 Å². The van der Waals surface area contributed by atoms with Crippen molar-refractivity contribution in [2.24, 2.45) is 14.1 Å². The first-order chi connectivity index (χ1) is 7.11. The summed E-state index contributed by atoms with van der Waals surface area (Å²) >= 11 is 0. The van der Waals surface area contributed by atoms with Gasteiger partial charge in [0.05, 0.1) is 11.3 Å². The van der Waals surface area contributed by atoms with Gasteiger partial charge in [-0.1, -0.05) is 12.2 Å². The lowest BCUT2D eigenvalue weighted by Crippen LogP contribution is -2.40. The molecule has 0 saturated carbocycles. The molecule has 15 heavy (non-hydrogen) atoms. The van der Waals surface area contributed by atoms with E-state index in [9.17, 15) is 9.59 Å². The van der Waals surface area contributed by atoms with Gasteiger partial charge < -0.3 is 4.74 Å². The lowest BCUT2D eigenvalue weighted by molar-refractivity contribution is 0.0850. The van der Waals surface area contributed by atoms with Gasteiger partial charge in [-0.05, 0) is 0 Å². The molecule has 0 spiro atoms. The van der Waals surface area contributed by atoms with Crippen LogP contribution in [0.15, 0.2) is 21.7 Å². The lowest BCUT2D eigenvalue weighted by atomic mass is 10.0. The van der Waals surface area contributed by atoms with E-state index in [1.54, 1.807) is 7.05 Å². The van der Waals surface area contributed by atoms with Gasteiger partial charge in [0.2, 0.25) is 0 Å². The van der Waals surface area contributed by atoms with Crippen LogP contribution >= 0.6 is 0 Å². The van der Waals surface area contributed by atoms with E-state index >= 15 is 0 Å². The maximum atomic E-state index is 11.9.